The lowest BCUT2D eigenvalue weighted by Gasteiger charge is -2.34. The van der Waals surface area contributed by atoms with Crippen LogP contribution in [0.15, 0.2) is 0 Å². The van der Waals surface area contributed by atoms with Gasteiger partial charge in [-0.1, -0.05) is 32.6 Å². The number of piperazine rings is 1. The molecule has 1 rings (SSSR count). The van der Waals surface area contributed by atoms with Crippen molar-refractivity contribution >= 4 is 5.91 Å². The van der Waals surface area contributed by atoms with Gasteiger partial charge < -0.3 is 10.6 Å². The molecular formula is C15H31N3O. The Morgan fingerprint density at radius 1 is 1.00 bits per heavy atom. The minimum Gasteiger partial charge on any atom is -0.340 e. The second kappa shape index (κ2) is 10.2. The summed E-state index contributed by atoms with van der Waals surface area (Å²) in [4.78, 5) is 16.5. The maximum atomic E-state index is 12.0. The third-order valence-electron chi connectivity index (χ3n) is 3.90. The van der Waals surface area contributed by atoms with Gasteiger partial charge in [-0.2, -0.15) is 0 Å². The third-order valence-corrected chi connectivity index (χ3v) is 3.90. The highest BCUT2D eigenvalue weighted by Gasteiger charge is 2.19. The summed E-state index contributed by atoms with van der Waals surface area (Å²) in [6, 6.07) is 0. The van der Waals surface area contributed by atoms with E-state index < -0.39 is 0 Å². The molecule has 0 aromatic rings. The van der Waals surface area contributed by atoms with Gasteiger partial charge in [0, 0.05) is 32.6 Å². The molecule has 0 aromatic heterocycles. The molecule has 2 N–H and O–H groups in total. The maximum absolute atomic E-state index is 12.0. The molecule has 0 spiro atoms. The standard InChI is InChI=1S/C15H31N3O/c1-2-3-4-5-6-8-15(19)18-13-11-17(12-14-18)10-7-9-16/h2-14,16H2,1H3. The summed E-state index contributed by atoms with van der Waals surface area (Å²) in [7, 11) is 0. The van der Waals surface area contributed by atoms with Crippen LogP contribution in [-0.2, 0) is 4.79 Å². The van der Waals surface area contributed by atoms with Crippen molar-refractivity contribution in [2.75, 3.05) is 39.3 Å². The average molecular weight is 269 g/mol. The predicted molar refractivity (Wildman–Crippen MR) is 80.1 cm³/mol. The lowest BCUT2D eigenvalue weighted by atomic mass is 10.1. The summed E-state index contributed by atoms with van der Waals surface area (Å²) < 4.78 is 0. The van der Waals surface area contributed by atoms with E-state index in [1.165, 1.54) is 25.7 Å². The van der Waals surface area contributed by atoms with E-state index in [0.717, 1.165) is 58.5 Å². The maximum Gasteiger partial charge on any atom is 0.222 e. The predicted octanol–water partition coefficient (Wildman–Crippen LogP) is 1.84. The van der Waals surface area contributed by atoms with Crippen LogP contribution >= 0.6 is 0 Å². The lowest BCUT2D eigenvalue weighted by Crippen LogP contribution is -2.49. The van der Waals surface area contributed by atoms with E-state index in [-0.39, 0.29) is 0 Å². The first-order valence-electron chi connectivity index (χ1n) is 7.98. The zero-order chi connectivity index (χ0) is 13.9. The summed E-state index contributed by atoms with van der Waals surface area (Å²) >= 11 is 0. The molecule has 4 nitrogen and oxygen atoms in total. The Kier molecular flexibility index (Phi) is 8.84. The Morgan fingerprint density at radius 2 is 1.68 bits per heavy atom. The van der Waals surface area contributed by atoms with E-state index in [2.05, 4.69) is 11.8 Å². The van der Waals surface area contributed by atoms with Crippen molar-refractivity contribution in [2.24, 2.45) is 5.73 Å². The van der Waals surface area contributed by atoms with Gasteiger partial charge in [0.2, 0.25) is 5.91 Å². The van der Waals surface area contributed by atoms with Crippen LogP contribution in [0.5, 0.6) is 0 Å². The first-order valence-corrected chi connectivity index (χ1v) is 7.98. The molecule has 1 fully saturated rings. The van der Waals surface area contributed by atoms with Crippen LogP contribution in [0.2, 0.25) is 0 Å². The zero-order valence-corrected chi connectivity index (χ0v) is 12.6. The number of hydrogen-bond donors (Lipinski definition) is 1. The van der Waals surface area contributed by atoms with Gasteiger partial charge in [-0.15, -0.1) is 0 Å². The molecule has 19 heavy (non-hydrogen) atoms. The molecule has 1 heterocycles. The van der Waals surface area contributed by atoms with Crippen molar-refractivity contribution in [1.82, 2.24) is 9.80 Å². The number of rotatable bonds is 9. The second-order valence-electron chi connectivity index (χ2n) is 5.53. The van der Waals surface area contributed by atoms with Gasteiger partial charge >= 0.3 is 0 Å². The molecular weight excluding hydrogens is 238 g/mol. The Balaban J connectivity index is 2.07. The van der Waals surface area contributed by atoms with Crippen molar-refractivity contribution in [3.05, 3.63) is 0 Å². The number of nitrogens with two attached hydrogens (primary N) is 1. The summed E-state index contributed by atoms with van der Waals surface area (Å²) in [5.74, 6) is 0.356. The van der Waals surface area contributed by atoms with Gasteiger partial charge in [-0.3, -0.25) is 9.69 Å². The topological polar surface area (TPSA) is 49.6 Å². The van der Waals surface area contributed by atoms with Gasteiger partial charge in [0.05, 0.1) is 0 Å². The highest BCUT2D eigenvalue weighted by molar-refractivity contribution is 5.76. The molecule has 0 aromatic carbocycles. The SMILES string of the molecule is CCCCCCCC(=O)N1CCN(CCCN)CC1. The van der Waals surface area contributed by atoms with E-state index in [0.29, 0.717) is 5.91 Å². The van der Waals surface area contributed by atoms with Crippen LogP contribution < -0.4 is 5.73 Å². The molecule has 1 saturated heterocycles. The van der Waals surface area contributed by atoms with Crippen LogP contribution in [0.3, 0.4) is 0 Å². The molecule has 0 atom stereocenters. The number of amides is 1. The quantitative estimate of drug-likeness (QED) is 0.650. The van der Waals surface area contributed by atoms with Crippen LogP contribution in [0.4, 0.5) is 0 Å². The van der Waals surface area contributed by atoms with Crippen molar-refractivity contribution < 1.29 is 4.79 Å². The summed E-state index contributed by atoms with van der Waals surface area (Å²) in [6.07, 6.45) is 7.91. The summed E-state index contributed by atoms with van der Waals surface area (Å²) in [5, 5.41) is 0. The van der Waals surface area contributed by atoms with Crippen LogP contribution in [-0.4, -0.2) is 55.0 Å². The normalized spacial score (nSPS) is 16.8. The molecule has 0 unspecified atom stereocenters. The molecule has 112 valence electrons. The number of carbonyl (C=O) groups excluding carboxylic acids is 1. The first-order chi connectivity index (χ1) is 9.27. The van der Waals surface area contributed by atoms with Crippen LogP contribution in [0.25, 0.3) is 0 Å². The minimum absolute atomic E-state index is 0.356. The van der Waals surface area contributed by atoms with Crippen molar-refractivity contribution in [3.8, 4) is 0 Å². The van der Waals surface area contributed by atoms with E-state index in [1.807, 2.05) is 4.90 Å². The third kappa shape index (κ3) is 6.92. The van der Waals surface area contributed by atoms with E-state index in [9.17, 15) is 4.79 Å². The molecule has 4 heteroatoms. The number of nitrogens with zero attached hydrogens (tertiary/aromatic N) is 2. The van der Waals surface area contributed by atoms with Crippen molar-refractivity contribution in [3.63, 3.8) is 0 Å². The van der Waals surface area contributed by atoms with Gasteiger partial charge in [-0.05, 0) is 25.9 Å². The Morgan fingerprint density at radius 3 is 2.32 bits per heavy atom. The highest BCUT2D eigenvalue weighted by atomic mass is 16.2. The van der Waals surface area contributed by atoms with E-state index >= 15 is 0 Å². The number of unbranched alkanes of at least 4 members (excludes halogenated alkanes) is 4. The smallest absolute Gasteiger partial charge is 0.222 e. The van der Waals surface area contributed by atoms with Gasteiger partial charge in [-0.25, -0.2) is 0 Å². The summed E-state index contributed by atoms with van der Waals surface area (Å²) in [6.45, 7) is 7.89. The average Bonchev–Trinajstić information content (AvgIpc) is 2.45. The highest BCUT2D eigenvalue weighted by Crippen LogP contribution is 2.09. The summed E-state index contributed by atoms with van der Waals surface area (Å²) in [5.41, 5.74) is 5.52. The van der Waals surface area contributed by atoms with Gasteiger partial charge in [0.25, 0.3) is 0 Å². The Labute approximate surface area is 118 Å². The number of hydrogen-bond acceptors (Lipinski definition) is 3. The van der Waals surface area contributed by atoms with E-state index in [1.54, 1.807) is 0 Å². The fourth-order valence-electron chi connectivity index (χ4n) is 2.57. The molecule has 0 bridgehead atoms. The van der Waals surface area contributed by atoms with Crippen LogP contribution in [0.1, 0.15) is 51.9 Å². The minimum atomic E-state index is 0.356. The fourth-order valence-corrected chi connectivity index (χ4v) is 2.57. The van der Waals surface area contributed by atoms with Crippen LogP contribution in [0, 0.1) is 0 Å². The van der Waals surface area contributed by atoms with Gasteiger partial charge in [0.1, 0.15) is 0 Å². The first kappa shape index (κ1) is 16.4. The Hall–Kier alpha value is -0.610. The van der Waals surface area contributed by atoms with Crippen molar-refractivity contribution in [1.29, 1.82) is 0 Å². The second-order valence-corrected chi connectivity index (χ2v) is 5.53. The zero-order valence-electron chi connectivity index (χ0n) is 12.6. The van der Waals surface area contributed by atoms with E-state index in [4.69, 9.17) is 5.73 Å². The largest absolute Gasteiger partial charge is 0.340 e. The van der Waals surface area contributed by atoms with Gasteiger partial charge in [0.15, 0.2) is 0 Å². The Bertz CT molecular complexity index is 238. The monoisotopic (exact) mass is 269 g/mol. The molecule has 1 aliphatic heterocycles. The molecule has 1 aliphatic rings. The number of carbonyl (C=O) groups is 1. The molecule has 0 radical (unpaired) electrons. The molecule has 0 aliphatic carbocycles. The van der Waals surface area contributed by atoms with Crippen molar-refractivity contribution in [2.45, 2.75) is 51.9 Å². The fraction of sp³-hybridized carbons (Fsp3) is 0.933. The lowest BCUT2D eigenvalue weighted by molar-refractivity contribution is -0.133. The molecule has 1 amide bonds. The molecule has 0 saturated carbocycles.